The minimum Gasteiger partial charge on any atom is -0.331 e. The lowest BCUT2D eigenvalue weighted by Gasteiger charge is -2.27. The molecule has 2 unspecified atom stereocenters. The van der Waals surface area contributed by atoms with E-state index in [1.165, 1.54) is 6.42 Å². The van der Waals surface area contributed by atoms with E-state index in [0.717, 1.165) is 30.8 Å². The second-order valence-electron chi connectivity index (χ2n) is 4.57. The van der Waals surface area contributed by atoms with E-state index in [1.54, 1.807) is 11.3 Å². The van der Waals surface area contributed by atoms with Crippen LogP contribution in [0.25, 0.3) is 0 Å². The van der Waals surface area contributed by atoms with Crippen molar-refractivity contribution in [2.45, 2.75) is 31.3 Å². The zero-order valence-corrected chi connectivity index (χ0v) is 10.0. The zero-order valence-electron chi connectivity index (χ0n) is 9.19. The van der Waals surface area contributed by atoms with E-state index in [4.69, 9.17) is 0 Å². The first kappa shape index (κ1) is 10.3. The second kappa shape index (κ2) is 4.18. The minimum atomic E-state index is 0.242. The number of carbonyl (C=O) groups is 1. The molecular weight excluding hydrogens is 220 g/mol. The highest BCUT2D eigenvalue weighted by atomic mass is 32.1. The van der Waals surface area contributed by atoms with E-state index in [2.05, 4.69) is 10.2 Å². The topological polar surface area (TPSA) is 32.3 Å². The Morgan fingerprint density at radius 3 is 3.06 bits per heavy atom. The van der Waals surface area contributed by atoms with Gasteiger partial charge in [0.15, 0.2) is 0 Å². The summed E-state index contributed by atoms with van der Waals surface area (Å²) in [4.78, 5) is 15.4. The quantitative estimate of drug-likeness (QED) is 0.805. The maximum absolute atomic E-state index is 12.4. The molecule has 2 aliphatic heterocycles. The molecule has 2 aliphatic rings. The van der Waals surface area contributed by atoms with Gasteiger partial charge in [-0.15, -0.1) is 11.3 Å². The summed E-state index contributed by atoms with van der Waals surface area (Å²) in [5.41, 5.74) is 0. The summed E-state index contributed by atoms with van der Waals surface area (Å²) in [7, 11) is 0. The smallest absolute Gasteiger partial charge is 0.264 e. The fraction of sp³-hybridized carbons (Fsp3) is 0.583. The van der Waals surface area contributed by atoms with Gasteiger partial charge in [-0.05, 0) is 37.3 Å². The number of nitrogens with zero attached hydrogens (tertiary/aromatic N) is 1. The van der Waals surface area contributed by atoms with Gasteiger partial charge in [0.05, 0.1) is 4.88 Å². The summed E-state index contributed by atoms with van der Waals surface area (Å²) in [5.74, 6) is 0.242. The van der Waals surface area contributed by atoms with Gasteiger partial charge >= 0.3 is 0 Å². The average Bonchev–Trinajstić information content (AvgIpc) is 2.84. The number of rotatable bonds is 1. The molecule has 86 valence electrons. The van der Waals surface area contributed by atoms with E-state index < -0.39 is 0 Å². The molecule has 3 nitrogen and oxygen atoms in total. The Morgan fingerprint density at radius 1 is 1.38 bits per heavy atom. The number of carbonyl (C=O) groups excluding carboxylic acids is 1. The van der Waals surface area contributed by atoms with Gasteiger partial charge in [0.25, 0.3) is 5.91 Å². The fourth-order valence-electron chi connectivity index (χ4n) is 2.84. The van der Waals surface area contributed by atoms with Gasteiger partial charge in [0, 0.05) is 18.6 Å². The van der Waals surface area contributed by atoms with Crippen LogP contribution >= 0.6 is 11.3 Å². The Balaban J connectivity index is 1.85. The summed E-state index contributed by atoms with van der Waals surface area (Å²) in [6.45, 7) is 2.02. The molecule has 3 heterocycles. The number of hydrogen-bond donors (Lipinski definition) is 1. The first-order chi connectivity index (χ1) is 7.86. The van der Waals surface area contributed by atoms with Crippen LogP contribution < -0.4 is 5.32 Å². The van der Waals surface area contributed by atoms with Crippen molar-refractivity contribution >= 4 is 17.2 Å². The van der Waals surface area contributed by atoms with E-state index in [0.29, 0.717) is 12.1 Å². The number of nitrogens with one attached hydrogen (secondary N) is 1. The molecule has 0 radical (unpaired) electrons. The summed E-state index contributed by atoms with van der Waals surface area (Å²) in [6, 6.07) is 4.78. The third-order valence-corrected chi connectivity index (χ3v) is 4.48. The Kier molecular flexibility index (Phi) is 2.69. The molecule has 16 heavy (non-hydrogen) atoms. The lowest BCUT2D eigenvalue weighted by atomic mass is 10.1. The molecule has 2 atom stereocenters. The van der Waals surface area contributed by atoms with Crippen LogP contribution in [0.3, 0.4) is 0 Å². The highest BCUT2D eigenvalue weighted by Gasteiger charge is 2.38. The highest BCUT2D eigenvalue weighted by Crippen LogP contribution is 2.30. The SMILES string of the molecule is O=C(c1cccs1)N1C2CCNCC1CC2. The molecule has 2 saturated heterocycles. The van der Waals surface area contributed by atoms with Crippen molar-refractivity contribution in [3.05, 3.63) is 22.4 Å². The van der Waals surface area contributed by atoms with Crippen LogP contribution in [0.15, 0.2) is 17.5 Å². The number of hydrogen-bond acceptors (Lipinski definition) is 3. The molecular formula is C12H16N2OS. The van der Waals surface area contributed by atoms with Crippen LogP contribution in [0, 0.1) is 0 Å². The molecule has 1 amide bonds. The van der Waals surface area contributed by atoms with Crippen molar-refractivity contribution in [3.63, 3.8) is 0 Å². The van der Waals surface area contributed by atoms with Gasteiger partial charge in [0.1, 0.15) is 0 Å². The van der Waals surface area contributed by atoms with Crippen LogP contribution in [-0.2, 0) is 0 Å². The average molecular weight is 236 g/mol. The molecule has 0 spiro atoms. The highest BCUT2D eigenvalue weighted by molar-refractivity contribution is 7.12. The van der Waals surface area contributed by atoms with Crippen molar-refractivity contribution in [1.29, 1.82) is 0 Å². The lowest BCUT2D eigenvalue weighted by Crippen LogP contribution is -2.42. The molecule has 1 aromatic rings. The lowest BCUT2D eigenvalue weighted by molar-refractivity contribution is 0.0685. The van der Waals surface area contributed by atoms with Gasteiger partial charge < -0.3 is 10.2 Å². The molecule has 4 heteroatoms. The Labute approximate surface area is 99.5 Å². The van der Waals surface area contributed by atoms with Crippen molar-refractivity contribution in [3.8, 4) is 0 Å². The van der Waals surface area contributed by atoms with Gasteiger partial charge in [-0.1, -0.05) is 6.07 Å². The van der Waals surface area contributed by atoms with Crippen molar-refractivity contribution in [1.82, 2.24) is 10.2 Å². The van der Waals surface area contributed by atoms with Crippen molar-refractivity contribution < 1.29 is 4.79 Å². The summed E-state index contributed by atoms with van der Waals surface area (Å²) in [6.07, 6.45) is 3.45. The third-order valence-electron chi connectivity index (χ3n) is 3.62. The Hall–Kier alpha value is -0.870. The Bertz CT molecular complexity index is 362. The molecule has 1 N–H and O–H groups in total. The number of fused-ring (bicyclic) bond motifs is 2. The molecule has 2 bridgehead atoms. The van der Waals surface area contributed by atoms with E-state index in [1.807, 2.05) is 17.5 Å². The van der Waals surface area contributed by atoms with Crippen LogP contribution in [0.1, 0.15) is 28.9 Å². The van der Waals surface area contributed by atoms with Crippen molar-refractivity contribution in [2.75, 3.05) is 13.1 Å². The van der Waals surface area contributed by atoms with E-state index in [9.17, 15) is 4.79 Å². The van der Waals surface area contributed by atoms with E-state index >= 15 is 0 Å². The summed E-state index contributed by atoms with van der Waals surface area (Å²) >= 11 is 1.55. The Morgan fingerprint density at radius 2 is 2.25 bits per heavy atom. The maximum Gasteiger partial charge on any atom is 0.264 e. The number of amides is 1. The first-order valence-electron chi connectivity index (χ1n) is 5.93. The van der Waals surface area contributed by atoms with Crippen LogP contribution in [-0.4, -0.2) is 36.0 Å². The third kappa shape index (κ3) is 1.66. The van der Waals surface area contributed by atoms with Crippen LogP contribution in [0.2, 0.25) is 0 Å². The maximum atomic E-state index is 12.4. The normalized spacial score (nSPS) is 29.1. The minimum absolute atomic E-state index is 0.242. The first-order valence-corrected chi connectivity index (χ1v) is 6.81. The zero-order chi connectivity index (χ0) is 11.0. The second-order valence-corrected chi connectivity index (χ2v) is 5.52. The van der Waals surface area contributed by atoms with E-state index in [-0.39, 0.29) is 5.91 Å². The van der Waals surface area contributed by atoms with Gasteiger partial charge in [-0.25, -0.2) is 0 Å². The standard InChI is InChI=1S/C12H16N2OS/c15-12(11-2-1-7-16-11)14-9-3-4-10(14)8-13-6-5-9/h1-2,7,9-10,13H,3-6,8H2. The number of thiophene rings is 1. The van der Waals surface area contributed by atoms with Gasteiger partial charge in [-0.2, -0.15) is 0 Å². The molecule has 2 fully saturated rings. The fourth-order valence-corrected chi connectivity index (χ4v) is 3.51. The van der Waals surface area contributed by atoms with Gasteiger partial charge in [-0.3, -0.25) is 4.79 Å². The van der Waals surface area contributed by atoms with Crippen LogP contribution in [0.4, 0.5) is 0 Å². The van der Waals surface area contributed by atoms with Crippen LogP contribution in [0.5, 0.6) is 0 Å². The molecule has 0 aromatic carbocycles. The predicted molar refractivity (Wildman–Crippen MR) is 64.8 cm³/mol. The van der Waals surface area contributed by atoms with Gasteiger partial charge in [0.2, 0.25) is 0 Å². The monoisotopic (exact) mass is 236 g/mol. The summed E-state index contributed by atoms with van der Waals surface area (Å²) in [5, 5.41) is 5.40. The molecule has 1 aromatic heterocycles. The molecule has 0 saturated carbocycles. The summed E-state index contributed by atoms with van der Waals surface area (Å²) < 4.78 is 0. The molecule has 0 aliphatic carbocycles. The molecule has 3 rings (SSSR count). The van der Waals surface area contributed by atoms with Crippen molar-refractivity contribution in [2.24, 2.45) is 0 Å². The largest absolute Gasteiger partial charge is 0.331 e. The predicted octanol–water partition coefficient (Wildman–Crippen LogP) is 1.71.